The van der Waals surface area contributed by atoms with Crippen molar-refractivity contribution < 1.29 is 8.42 Å². The summed E-state index contributed by atoms with van der Waals surface area (Å²) in [6.07, 6.45) is 0. The van der Waals surface area contributed by atoms with Crippen molar-refractivity contribution in [3.8, 4) is 0 Å². The van der Waals surface area contributed by atoms with E-state index in [2.05, 4.69) is 17.0 Å². The van der Waals surface area contributed by atoms with E-state index in [1.165, 1.54) is 0 Å². The number of rotatable bonds is 6. The average Bonchev–Trinajstić information content (AvgIpc) is 2.26. The number of nitrogens with one attached hydrogen (secondary N) is 2. The molecule has 1 aromatic carbocycles. The largest absolute Gasteiger partial charge is 0.313 e. The summed E-state index contributed by atoms with van der Waals surface area (Å²) in [5, 5.41) is 3.14. The Morgan fingerprint density at radius 3 is 2.11 bits per heavy atom. The third-order valence-corrected chi connectivity index (χ3v) is 4.32. The fraction of sp³-hybridized carbons (Fsp3) is 0.538. The van der Waals surface area contributed by atoms with Gasteiger partial charge in [0.2, 0.25) is 10.0 Å². The lowest BCUT2D eigenvalue weighted by atomic mass is 10.1. The molecule has 1 unspecified atom stereocenters. The molecular weight excluding hydrogens is 248 g/mol. The van der Waals surface area contributed by atoms with Crippen LogP contribution >= 0.6 is 0 Å². The minimum absolute atomic E-state index is 0.117. The fourth-order valence-corrected chi connectivity index (χ4v) is 3.12. The van der Waals surface area contributed by atoms with Gasteiger partial charge in [-0.3, -0.25) is 4.72 Å². The van der Waals surface area contributed by atoms with E-state index in [9.17, 15) is 8.42 Å². The first-order valence-electron chi connectivity index (χ1n) is 6.12. The van der Waals surface area contributed by atoms with E-state index in [-0.39, 0.29) is 17.7 Å². The summed E-state index contributed by atoms with van der Waals surface area (Å²) in [7, 11) is -1.35. The molecule has 0 aliphatic heterocycles. The number of hydrogen-bond donors (Lipinski definition) is 2. The first-order chi connectivity index (χ1) is 8.34. The van der Waals surface area contributed by atoms with E-state index in [1.807, 2.05) is 33.0 Å². The Balaban J connectivity index is 2.75. The maximum Gasteiger partial charge on any atom is 0.232 e. The van der Waals surface area contributed by atoms with Gasteiger partial charge >= 0.3 is 0 Å². The normalized spacial score (nSPS) is 13.6. The van der Waals surface area contributed by atoms with Crippen molar-refractivity contribution in [3.63, 3.8) is 0 Å². The molecule has 1 atom stereocenters. The van der Waals surface area contributed by atoms with E-state index in [0.717, 1.165) is 5.56 Å². The third kappa shape index (κ3) is 4.66. The second-order valence-electron chi connectivity index (χ2n) is 4.91. The van der Waals surface area contributed by atoms with Crippen molar-refractivity contribution in [1.29, 1.82) is 0 Å². The van der Waals surface area contributed by atoms with Gasteiger partial charge in [0, 0.05) is 11.7 Å². The maximum atomic E-state index is 11.8. The van der Waals surface area contributed by atoms with Gasteiger partial charge in [-0.2, -0.15) is 0 Å². The van der Waals surface area contributed by atoms with Crippen LogP contribution in [0.25, 0.3) is 0 Å². The predicted molar refractivity (Wildman–Crippen MR) is 76.2 cm³/mol. The van der Waals surface area contributed by atoms with E-state index in [1.54, 1.807) is 12.1 Å². The monoisotopic (exact) mass is 270 g/mol. The molecule has 1 aromatic rings. The topological polar surface area (TPSA) is 58.2 Å². The molecule has 0 radical (unpaired) electrons. The summed E-state index contributed by atoms with van der Waals surface area (Å²) in [6, 6.07) is 7.69. The zero-order valence-electron chi connectivity index (χ0n) is 11.4. The first kappa shape index (κ1) is 15.0. The van der Waals surface area contributed by atoms with Crippen molar-refractivity contribution in [2.24, 2.45) is 5.92 Å². The molecule has 102 valence electrons. The maximum absolute atomic E-state index is 11.8. The van der Waals surface area contributed by atoms with Crippen molar-refractivity contribution >= 4 is 15.7 Å². The summed E-state index contributed by atoms with van der Waals surface area (Å²) >= 11 is 0. The van der Waals surface area contributed by atoms with Crippen LogP contribution in [0.15, 0.2) is 24.3 Å². The summed E-state index contributed by atoms with van der Waals surface area (Å²) in [4.78, 5) is 0. The number of anilines is 1. The van der Waals surface area contributed by atoms with Crippen LogP contribution < -0.4 is 10.0 Å². The molecule has 0 bridgehead atoms. The molecule has 0 heterocycles. The molecule has 0 spiro atoms. The van der Waals surface area contributed by atoms with E-state index >= 15 is 0 Å². The van der Waals surface area contributed by atoms with Gasteiger partial charge in [0.1, 0.15) is 0 Å². The van der Waals surface area contributed by atoms with Gasteiger partial charge in [0.15, 0.2) is 0 Å². The highest BCUT2D eigenvalue weighted by Gasteiger charge is 2.12. The number of hydrogen-bond acceptors (Lipinski definition) is 3. The first-order valence-corrected chi connectivity index (χ1v) is 7.77. The molecule has 0 fully saturated rings. The Labute approximate surface area is 110 Å². The standard InChI is InChI=1S/C13H22N2O2S/c1-10(2)9-18(16,17)15-13-7-5-12(6-8-13)11(3)14-4/h5-8,10-11,14-15H,9H2,1-4H3. The van der Waals surface area contributed by atoms with Gasteiger partial charge in [0.05, 0.1) is 5.75 Å². The van der Waals surface area contributed by atoms with Crippen molar-refractivity contribution in [3.05, 3.63) is 29.8 Å². The van der Waals surface area contributed by atoms with E-state index < -0.39 is 10.0 Å². The summed E-state index contributed by atoms with van der Waals surface area (Å²) in [6.45, 7) is 5.83. The van der Waals surface area contributed by atoms with Crippen LogP contribution in [0.5, 0.6) is 0 Å². The highest BCUT2D eigenvalue weighted by molar-refractivity contribution is 7.92. The molecule has 0 saturated carbocycles. The van der Waals surface area contributed by atoms with Crippen LogP contribution in [-0.2, 0) is 10.0 Å². The summed E-state index contributed by atoms with van der Waals surface area (Å²) < 4.78 is 26.1. The molecular formula is C13H22N2O2S. The van der Waals surface area contributed by atoms with Crippen LogP contribution in [0.4, 0.5) is 5.69 Å². The van der Waals surface area contributed by atoms with Crippen LogP contribution in [0.2, 0.25) is 0 Å². The highest BCUT2D eigenvalue weighted by atomic mass is 32.2. The second-order valence-corrected chi connectivity index (χ2v) is 6.68. The fourth-order valence-electron chi connectivity index (χ4n) is 1.67. The zero-order chi connectivity index (χ0) is 13.8. The molecule has 5 heteroatoms. The summed E-state index contributed by atoms with van der Waals surface area (Å²) in [5.74, 6) is 0.257. The van der Waals surface area contributed by atoms with Crippen LogP contribution in [0, 0.1) is 5.92 Å². The van der Waals surface area contributed by atoms with Gasteiger partial charge in [-0.15, -0.1) is 0 Å². The SMILES string of the molecule is CNC(C)c1ccc(NS(=O)(=O)CC(C)C)cc1. The number of sulfonamides is 1. The molecule has 0 saturated heterocycles. The molecule has 0 aromatic heterocycles. The molecule has 0 aliphatic carbocycles. The van der Waals surface area contributed by atoms with Crippen LogP contribution in [0.3, 0.4) is 0 Å². The molecule has 2 N–H and O–H groups in total. The predicted octanol–water partition coefficient (Wildman–Crippen LogP) is 2.36. The van der Waals surface area contributed by atoms with Gasteiger partial charge in [-0.1, -0.05) is 26.0 Å². The Morgan fingerprint density at radius 1 is 1.11 bits per heavy atom. The van der Waals surface area contributed by atoms with Crippen LogP contribution in [-0.4, -0.2) is 21.2 Å². The molecule has 1 rings (SSSR count). The van der Waals surface area contributed by atoms with Crippen LogP contribution in [0.1, 0.15) is 32.4 Å². The number of benzene rings is 1. The van der Waals surface area contributed by atoms with E-state index in [4.69, 9.17) is 0 Å². The highest BCUT2D eigenvalue weighted by Crippen LogP contribution is 2.17. The van der Waals surface area contributed by atoms with Gasteiger partial charge < -0.3 is 5.32 Å². The zero-order valence-corrected chi connectivity index (χ0v) is 12.2. The Morgan fingerprint density at radius 2 is 1.67 bits per heavy atom. The Kier molecular flexibility index (Phi) is 5.16. The quantitative estimate of drug-likeness (QED) is 0.834. The molecule has 4 nitrogen and oxygen atoms in total. The lowest BCUT2D eigenvalue weighted by molar-refractivity contribution is 0.587. The third-order valence-electron chi connectivity index (χ3n) is 2.67. The van der Waals surface area contributed by atoms with Gasteiger partial charge in [0.25, 0.3) is 0 Å². The van der Waals surface area contributed by atoms with E-state index in [0.29, 0.717) is 5.69 Å². The molecule has 0 amide bonds. The van der Waals surface area contributed by atoms with Crippen molar-refractivity contribution in [1.82, 2.24) is 5.32 Å². The Hall–Kier alpha value is -1.07. The average molecular weight is 270 g/mol. The second kappa shape index (κ2) is 6.20. The smallest absolute Gasteiger partial charge is 0.232 e. The van der Waals surface area contributed by atoms with Gasteiger partial charge in [-0.25, -0.2) is 8.42 Å². The lowest BCUT2D eigenvalue weighted by Gasteiger charge is -2.13. The summed E-state index contributed by atoms with van der Waals surface area (Å²) in [5.41, 5.74) is 1.74. The minimum atomic E-state index is -3.24. The van der Waals surface area contributed by atoms with Crippen molar-refractivity contribution in [2.45, 2.75) is 26.8 Å². The van der Waals surface area contributed by atoms with Gasteiger partial charge in [-0.05, 0) is 37.6 Å². The lowest BCUT2D eigenvalue weighted by Crippen LogP contribution is -2.20. The van der Waals surface area contributed by atoms with Crippen molar-refractivity contribution in [2.75, 3.05) is 17.5 Å². The Bertz CT molecular complexity index is 466. The minimum Gasteiger partial charge on any atom is -0.313 e. The molecule has 18 heavy (non-hydrogen) atoms. The molecule has 0 aliphatic rings.